The third kappa shape index (κ3) is 6.55. The lowest BCUT2D eigenvalue weighted by molar-refractivity contribution is -0.138. The lowest BCUT2D eigenvalue weighted by atomic mass is 10.0. The van der Waals surface area contributed by atoms with Gasteiger partial charge in [-0.3, -0.25) is 14.4 Å². The molecule has 3 rings (SSSR count). The zero-order valence-electron chi connectivity index (χ0n) is 17.3. The van der Waals surface area contributed by atoms with Crippen LogP contribution in [-0.2, 0) is 20.8 Å². The van der Waals surface area contributed by atoms with Gasteiger partial charge in [0.15, 0.2) is 11.5 Å². The van der Waals surface area contributed by atoms with Gasteiger partial charge in [0.05, 0.1) is 0 Å². The highest BCUT2D eigenvalue weighted by Gasteiger charge is 2.24. The fourth-order valence-corrected chi connectivity index (χ4v) is 4.41. The van der Waals surface area contributed by atoms with Crippen molar-refractivity contribution in [1.29, 1.82) is 0 Å². The highest BCUT2D eigenvalue weighted by atomic mass is 16.6. The summed E-state index contributed by atoms with van der Waals surface area (Å²) in [4.78, 5) is 35.9. The zero-order valence-corrected chi connectivity index (χ0v) is 17.3. The zero-order chi connectivity index (χ0) is 21.5. The summed E-state index contributed by atoms with van der Waals surface area (Å²) in [5.74, 6) is -0.812. The van der Waals surface area contributed by atoms with Crippen LogP contribution in [0.15, 0.2) is 18.2 Å². The number of ether oxygens (including phenoxy) is 2. The summed E-state index contributed by atoms with van der Waals surface area (Å²) >= 11 is 0. The van der Waals surface area contributed by atoms with E-state index in [0.717, 1.165) is 51.4 Å². The van der Waals surface area contributed by atoms with Gasteiger partial charge >= 0.3 is 17.9 Å². The first-order valence-electron chi connectivity index (χ1n) is 10.9. The summed E-state index contributed by atoms with van der Waals surface area (Å²) in [6.07, 6.45) is 9.40. The minimum absolute atomic E-state index is 0.0822. The first-order chi connectivity index (χ1) is 14.4. The SMILES string of the molecule is N[C@@H](Cc1ccc(OC(=O)CC2CCCC2)c(OC(=O)CC2CCCC2)c1)C(=O)O. The van der Waals surface area contributed by atoms with Crippen LogP contribution in [0, 0.1) is 11.8 Å². The van der Waals surface area contributed by atoms with E-state index in [2.05, 4.69) is 0 Å². The molecule has 0 amide bonds. The van der Waals surface area contributed by atoms with Gasteiger partial charge < -0.3 is 20.3 Å². The Hall–Kier alpha value is -2.41. The van der Waals surface area contributed by atoms with Crippen LogP contribution in [0.25, 0.3) is 0 Å². The number of esters is 2. The van der Waals surface area contributed by atoms with E-state index in [1.54, 1.807) is 18.2 Å². The smallest absolute Gasteiger partial charge is 0.320 e. The fourth-order valence-electron chi connectivity index (χ4n) is 4.41. The second-order valence-corrected chi connectivity index (χ2v) is 8.59. The molecule has 0 spiro atoms. The number of carboxylic acid groups (broad SMARTS) is 1. The molecule has 3 N–H and O–H groups in total. The molecule has 1 aromatic rings. The molecule has 7 nitrogen and oxygen atoms in total. The minimum Gasteiger partial charge on any atom is -0.480 e. The van der Waals surface area contributed by atoms with E-state index in [0.29, 0.717) is 30.2 Å². The molecule has 2 saturated carbocycles. The maximum atomic E-state index is 12.4. The first-order valence-corrected chi connectivity index (χ1v) is 10.9. The van der Waals surface area contributed by atoms with Gasteiger partial charge in [-0.1, -0.05) is 31.7 Å². The van der Waals surface area contributed by atoms with E-state index in [1.807, 2.05) is 0 Å². The van der Waals surface area contributed by atoms with Gasteiger partial charge in [0, 0.05) is 12.8 Å². The third-order valence-electron chi connectivity index (χ3n) is 6.09. The quantitative estimate of drug-likeness (QED) is 0.466. The van der Waals surface area contributed by atoms with Gasteiger partial charge in [-0.05, 0) is 61.6 Å². The van der Waals surface area contributed by atoms with Crippen LogP contribution in [0.3, 0.4) is 0 Å². The molecule has 30 heavy (non-hydrogen) atoms. The molecular weight excluding hydrogens is 386 g/mol. The Kier molecular flexibility index (Phi) is 7.85. The van der Waals surface area contributed by atoms with Gasteiger partial charge in [-0.25, -0.2) is 0 Å². The summed E-state index contributed by atoms with van der Waals surface area (Å²) < 4.78 is 11.1. The molecule has 0 heterocycles. The van der Waals surface area contributed by atoms with Crippen LogP contribution in [0.5, 0.6) is 11.5 Å². The van der Waals surface area contributed by atoms with Crippen molar-refractivity contribution in [2.45, 2.75) is 76.7 Å². The Bertz CT molecular complexity index is 765. The van der Waals surface area contributed by atoms with Crippen molar-refractivity contribution >= 4 is 17.9 Å². The second kappa shape index (κ2) is 10.6. The van der Waals surface area contributed by atoms with E-state index in [4.69, 9.17) is 20.3 Å². The molecule has 0 bridgehead atoms. The van der Waals surface area contributed by atoms with Crippen LogP contribution in [-0.4, -0.2) is 29.1 Å². The maximum Gasteiger partial charge on any atom is 0.320 e. The van der Waals surface area contributed by atoms with Crippen LogP contribution in [0.1, 0.15) is 69.8 Å². The molecule has 0 aromatic heterocycles. The number of rotatable bonds is 9. The average Bonchev–Trinajstić information content (AvgIpc) is 3.38. The number of hydrogen-bond donors (Lipinski definition) is 2. The molecule has 0 aliphatic heterocycles. The minimum atomic E-state index is -1.11. The van der Waals surface area contributed by atoms with Crippen molar-refractivity contribution in [2.24, 2.45) is 17.6 Å². The monoisotopic (exact) mass is 417 g/mol. The summed E-state index contributed by atoms with van der Waals surface area (Å²) in [5.41, 5.74) is 6.23. The normalized spacial score (nSPS) is 18.3. The van der Waals surface area contributed by atoms with Gasteiger partial charge in [0.2, 0.25) is 0 Å². The Morgan fingerprint density at radius 2 is 1.40 bits per heavy atom. The van der Waals surface area contributed by atoms with Crippen molar-refractivity contribution in [3.8, 4) is 11.5 Å². The molecule has 0 unspecified atom stereocenters. The topological polar surface area (TPSA) is 116 Å². The predicted octanol–water partition coefficient (Wildman–Crippen LogP) is 3.61. The third-order valence-corrected chi connectivity index (χ3v) is 6.09. The van der Waals surface area contributed by atoms with E-state index in [-0.39, 0.29) is 29.9 Å². The Balaban J connectivity index is 1.70. The lowest BCUT2D eigenvalue weighted by Crippen LogP contribution is -2.32. The molecule has 0 saturated heterocycles. The maximum absolute atomic E-state index is 12.4. The van der Waals surface area contributed by atoms with Crippen molar-refractivity contribution in [1.82, 2.24) is 0 Å². The molecule has 2 aliphatic rings. The number of nitrogens with two attached hydrogens (primary N) is 1. The molecule has 7 heteroatoms. The molecule has 2 aliphatic carbocycles. The number of hydrogen-bond acceptors (Lipinski definition) is 6. The summed E-state index contributed by atoms with van der Waals surface area (Å²) in [6.45, 7) is 0. The van der Waals surface area contributed by atoms with Gasteiger partial charge in [-0.15, -0.1) is 0 Å². The van der Waals surface area contributed by atoms with Gasteiger partial charge in [0.25, 0.3) is 0 Å². The molecule has 1 atom stereocenters. The predicted molar refractivity (Wildman–Crippen MR) is 110 cm³/mol. The van der Waals surface area contributed by atoms with E-state index < -0.39 is 12.0 Å². The molecule has 0 radical (unpaired) electrons. The molecule has 2 fully saturated rings. The van der Waals surface area contributed by atoms with Gasteiger partial charge in [0.1, 0.15) is 6.04 Å². The summed E-state index contributed by atoms with van der Waals surface area (Å²) in [7, 11) is 0. The lowest BCUT2D eigenvalue weighted by Gasteiger charge is -2.15. The summed E-state index contributed by atoms with van der Waals surface area (Å²) in [6, 6.07) is 3.68. The number of aliphatic carboxylic acids is 1. The van der Waals surface area contributed by atoms with E-state index >= 15 is 0 Å². The molecule has 1 aromatic carbocycles. The van der Waals surface area contributed by atoms with Crippen LogP contribution in [0.4, 0.5) is 0 Å². The van der Waals surface area contributed by atoms with Crippen LogP contribution in [0.2, 0.25) is 0 Å². The van der Waals surface area contributed by atoms with Crippen molar-refractivity contribution in [2.75, 3.05) is 0 Å². The van der Waals surface area contributed by atoms with Gasteiger partial charge in [-0.2, -0.15) is 0 Å². The fraction of sp³-hybridized carbons (Fsp3) is 0.609. The van der Waals surface area contributed by atoms with Crippen LogP contribution >= 0.6 is 0 Å². The van der Waals surface area contributed by atoms with Crippen molar-refractivity contribution in [3.05, 3.63) is 23.8 Å². The average molecular weight is 418 g/mol. The summed E-state index contributed by atoms with van der Waals surface area (Å²) in [5, 5.41) is 9.05. The highest BCUT2D eigenvalue weighted by molar-refractivity contribution is 5.77. The highest BCUT2D eigenvalue weighted by Crippen LogP contribution is 2.33. The Labute approximate surface area is 176 Å². The van der Waals surface area contributed by atoms with E-state index in [9.17, 15) is 14.4 Å². The first kappa shape index (κ1) is 22.3. The van der Waals surface area contributed by atoms with E-state index in [1.165, 1.54) is 0 Å². The number of carbonyl (C=O) groups excluding carboxylic acids is 2. The number of benzene rings is 1. The Morgan fingerprint density at radius 3 is 1.90 bits per heavy atom. The molecule has 164 valence electrons. The Morgan fingerprint density at radius 1 is 0.900 bits per heavy atom. The second-order valence-electron chi connectivity index (χ2n) is 8.59. The molecular formula is C23H31NO6. The largest absolute Gasteiger partial charge is 0.480 e. The van der Waals surface area contributed by atoms with Crippen LogP contribution < -0.4 is 15.2 Å². The standard InChI is InChI=1S/C23H31NO6/c24-18(23(27)28)11-17-9-10-19(29-21(25)13-15-5-1-2-6-15)20(12-17)30-22(26)14-16-7-3-4-8-16/h9-10,12,15-16,18H,1-8,11,13-14,24H2,(H,27,28)/t18-/m0/s1. The number of carbonyl (C=O) groups is 3. The van der Waals surface area contributed by atoms with Crippen molar-refractivity contribution < 1.29 is 29.0 Å². The number of carboxylic acids is 1. The van der Waals surface area contributed by atoms with Crippen molar-refractivity contribution in [3.63, 3.8) is 0 Å².